The second-order valence-electron chi connectivity index (χ2n) is 5.86. The van der Waals surface area contributed by atoms with Gasteiger partial charge < -0.3 is 9.73 Å². The second-order valence-corrected chi connectivity index (χ2v) is 7.15. The summed E-state index contributed by atoms with van der Waals surface area (Å²) in [5.74, 6) is 0.697. The van der Waals surface area contributed by atoms with E-state index < -0.39 is 0 Å². The van der Waals surface area contributed by atoms with Crippen LogP contribution in [-0.4, -0.2) is 10.9 Å². The first-order valence-electron chi connectivity index (χ1n) is 7.86. The summed E-state index contributed by atoms with van der Waals surface area (Å²) in [5, 5.41) is 3.69. The maximum atomic E-state index is 12.1. The maximum absolute atomic E-state index is 12.1. The highest BCUT2D eigenvalue weighted by Gasteiger charge is 2.14. The smallest absolute Gasteiger partial charge is 0.227 e. The van der Waals surface area contributed by atoms with Crippen LogP contribution < -0.4 is 5.32 Å². The number of thiazole rings is 1. The summed E-state index contributed by atoms with van der Waals surface area (Å²) < 4.78 is 5.21. The fraction of sp³-hybridized carbons (Fsp3) is 0.263. The number of nitrogens with one attached hydrogen (secondary N) is 1. The van der Waals surface area contributed by atoms with Gasteiger partial charge in [0.15, 0.2) is 0 Å². The van der Waals surface area contributed by atoms with Gasteiger partial charge in [-0.05, 0) is 44.5 Å². The number of hydrogen-bond acceptors (Lipinski definition) is 4. The molecule has 0 saturated heterocycles. The van der Waals surface area contributed by atoms with Crippen LogP contribution in [0.3, 0.4) is 0 Å². The lowest BCUT2D eigenvalue weighted by atomic mass is 10.0. The Bertz CT molecular complexity index is 850. The highest BCUT2D eigenvalue weighted by molar-refractivity contribution is 7.12. The van der Waals surface area contributed by atoms with E-state index in [4.69, 9.17) is 9.40 Å². The molecule has 0 spiro atoms. The second kappa shape index (κ2) is 7.01. The van der Waals surface area contributed by atoms with Crippen LogP contribution in [0.5, 0.6) is 0 Å². The number of amides is 1. The van der Waals surface area contributed by atoms with Gasteiger partial charge in [0, 0.05) is 10.4 Å². The zero-order chi connectivity index (χ0) is 17.1. The van der Waals surface area contributed by atoms with Crippen LogP contribution in [0.4, 0.5) is 0 Å². The van der Waals surface area contributed by atoms with Gasteiger partial charge >= 0.3 is 0 Å². The Balaban J connectivity index is 1.72. The van der Waals surface area contributed by atoms with Gasteiger partial charge in [0.1, 0.15) is 10.8 Å². The van der Waals surface area contributed by atoms with Crippen molar-refractivity contribution in [3.05, 3.63) is 63.4 Å². The van der Waals surface area contributed by atoms with Gasteiger partial charge in [0.2, 0.25) is 5.91 Å². The largest absolute Gasteiger partial charge is 0.467 e. The lowest BCUT2D eigenvalue weighted by Gasteiger charge is -2.05. The van der Waals surface area contributed by atoms with Crippen molar-refractivity contribution in [2.75, 3.05) is 0 Å². The number of aryl methyl sites for hydroxylation is 3. The zero-order valence-electron chi connectivity index (χ0n) is 14.1. The molecule has 0 atom stereocenters. The Labute approximate surface area is 145 Å². The van der Waals surface area contributed by atoms with Gasteiger partial charge in [-0.25, -0.2) is 4.98 Å². The summed E-state index contributed by atoms with van der Waals surface area (Å²) >= 11 is 1.58. The van der Waals surface area contributed by atoms with E-state index in [0.717, 1.165) is 26.9 Å². The predicted molar refractivity (Wildman–Crippen MR) is 96.0 cm³/mol. The molecule has 0 unspecified atom stereocenters. The first kappa shape index (κ1) is 16.5. The molecule has 0 aliphatic carbocycles. The minimum absolute atomic E-state index is 0.0485. The van der Waals surface area contributed by atoms with Crippen LogP contribution in [0, 0.1) is 20.8 Å². The van der Waals surface area contributed by atoms with E-state index in [-0.39, 0.29) is 12.3 Å². The van der Waals surface area contributed by atoms with E-state index in [0.29, 0.717) is 6.54 Å². The minimum atomic E-state index is -0.0485. The van der Waals surface area contributed by atoms with Crippen molar-refractivity contribution in [1.82, 2.24) is 10.3 Å². The third-order valence-electron chi connectivity index (χ3n) is 3.84. The van der Waals surface area contributed by atoms with Gasteiger partial charge in [-0.3, -0.25) is 4.79 Å². The van der Waals surface area contributed by atoms with Crippen molar-refractivity contribution in [3.8, 4) is 11.3 Å². The molecule has 2 heterocycles. The fourth-order valence-electron chi connectivity index (χ4n) is 2.57. The number of rotatable bonds is 5. The minimum Gasteiger partial charge on any atom is -0.467 e. The molecular weight excluding hydrogens is 320 g/mol. The number of hydrogen-bond donors (Lipinski definition) is 1. The molecular formula is C19H20N2O2S. The quantitative estimate of drug-likeness (QED) is 0.758. The van der Waals surface area contributed by atoms with Crippen LogP contribution in [0.1, 0.15) is 26.8 Å². The van der Waals surface area contributed by atoms with Crippen LogP contribution in [0.25, 0.3) is 11.3 Å². The number of aromatic nitrogens is 1. The molecule has 4 nitrogen and oxygen atoms in total. The number of furan rings is 1. The molecule has 5 heteroatoms. The molecule has 1 N–H and O–H groups in total. The van der Waals surface area contributed by atoms with Crippen molar-refractivity contribution >= 4 is 17.2 Å². The van der Waals surface area contributed by atoms with Gasteiger partial charge in [-0.15, -0.1) is 11.3 Å². The van der Waals surface area contributed by atoms with Crippen LogP contribution in [-0.2, 0) is 17.8 Å². The topological polar surface area (TPSA) is 55.1 Å². The van der Waals surface area contributed by atoms with Crippen molar-refractivity contribution in [2.45, 2.75) is 33.7 Å². The SMILES string of the molecule is Cc1ccc(C)c(-c2nc(CC(=O)NCc3ccco3)sc2C)c1. The average molecular weight is 340 g/mol. The summed E-state index contributed by atoms with van der Waals surface area (Å²) in [6.07, 6.45) is 1.89. The van der Waals surface area contributed by atoms with Gasteiger partial charge in [-0.2, -0.15) is 0 Å². The Kier molecular flexibility index (Phi) is 4.81. The standard InChI is InChI=1S/C19H20N2O2S/c1-12-6-7-13(2)16(9-12)19-14(3)24-18(21-19)10-17(22)20-11-15-5-4-8-23-15/h4-9H,10-11H2,1-3H3,(H,20,22). The third kappa shape index (κ3) is 3.74. The van der Waals surface area contributed by atoms with Crippen molar-refractivity contribution in [2.24, 2.45) is 0 Å². The molecule has 3 aromatic rings. The Morgan fingerprint density at radius 2 is 2.08 bits per heavy atom. The molecule has 0 aliphatic heterocycles. The van der Waals surface area contributed by atoms with Crippen LogP contribution >= 0.6 is 11.3 Å². The van der Waals surface area contributed by atoms with E-state index >= 15 is 0 Å². The average Bonchev–Trinajstić information content (AvgIpc) is 3.17. The fourth-order valence-corrected chi connectivity index (χ4v) is 3.51. The van der Waals surface area contributed by atoms with Crippen molar-refractivity contribution in [3.63, 3.8) is 0 Å². The lowest BCUT2D eigenvalue weighted by molar-refractivity contribution is -0.120. The summed E-state index contributed by atoms with van der Waals surface area (Å²) in [7, 11) is 0. The summed E-state index contributed by atoms with van der Waals surface area (Å²) in [6, 6.07) is 10.0. The molecule has 2 aromatic heterocycles. The van der Waals surface area contributed by atoms with Gasteiger partial charge in [-0.1, -0.05) is 17.7 Å². The first-order valence-corrected chi connectivity index (χ1v) is 8.67. The van der Waals surface area contributed by atoms with Gasteiger partial charge in [0.25, 0.3) is 0 Å². The number of nitrogens with zero attached hydrogens (tertiary/aromatic N) is 1. The molecule has 124 valence electrons. The Morgan fingerprint density at radius 1 is 1.25 bits per heavy atom. The lowest BCUT2D eigenvalue weighted by Crippen LogP contribution is -2.24. The monoisotopic (exact) mass is 340 g/mol. The summed E-state index contributed by atoms with van der Waals surface area (Å²) in [5.41, 5.74) is 4.53. The van der Waals surface area contributed by atoms with E-state index in [1.54, 1.807) is 17.6 Å². The molecule has 3 rings (SSSR count). The van der Waals surface area contributed by atoms with Crippen molar-refractivity contribution in [1.29, 1.82) is 0 Å². The normalized spacial score (nSPS) is 10.8. The van der Waals surface area contributed by atoms with Crippen LogP contribution in [0.2, 0.25) is 0 Å². The molecule has 0 aliphatic rings. The van der Waals surface area contributed by atoms with E-state index in [2.05, 4.69) is 44.3 Å². The number of benzene rings is 1. The predicted octanol–water partition coefficient (Wildman–Crippen LogP) is 4.19. The Morgan fingerprint density at radius 3 is 2.83 bits per heavy atom. The highest BCUT2D eigenvalue weighted by atomic mass is 32.1. The van der Waals surface area contributed by atoms with E-state index in [1.165, 1.54) is 11.1 Å². The molecule has 0 bridgehead atoms. The molecule has 0 radical (unpaired) electrons. The maximum Gasteiger partial charge on any atom is 0.227 e. The Hall–Kier alpha value is -2.40. The first-order chi connectivity index (χ1) is 11.5. The molecule has 0 saturated carbocycles. The zero-order valence-corrected chi connectivity index (χ0v) is 14.9. The third-order valence-corrected chi connectivity index (χ3v) is 4.81. The summed E-state index contributed by atoms with van der Waals surface area (Å²) in [4.78, 5) is 17.9. The molecule has 1 amide bonds. The van der Waals surface area contributed by atoms with E-state index in [1.807, 2.05) is 12.1 Å². The summed E-state index contributed by atoms with van der Waals surface area (Å²) in [6.45, 7) is 6.62. The number of carbonyl (C=O) groups is 1. The van der Waals surface area contributed by atoms with Gasteiger partial charge in [0.05, 0.1) is 24.9 Å². The molecule has 1 aromatic carbocycles. The highest BCUT2D eigenvalue weighted by Crippen LogP contribution is 2.30. The van der Waals surface area contributed by atoms with Crippen LogP contribution in [0.15, 0.2) is 41.0 Å². The van der Waals surface area contributed by atoms with Crippen molar-refractivity contribution < 1.29 is 9.21 Å². The van der Waals surface area contributed by atoms with E-state index in [9.17, 15) is 4.79 Å². The number of carbonyl (C=O) groups excluding carboxylic acids is 1. The molecule has 0 fully saturated rings. The molecule has 24 heavy (non-hydrogen) atoms.